The Hall–Kier alpha value is -1.62. The number of carbonyl (C=O) groups excluding carboxylic acids is 1. The summed E-state index contributed by atoms with van der Waals surface area (Å²) >= 11 is 5.78. The van der Waals surface area contributed by atoms with E-state index < -0.39 is 23.3 Å². The maximum absolute atomic E-state index is 11.9. The van der Waals surface area contributed by atoms with E-state index in [1.807, 2.05) is 0 Å². The molecule has 0 bridgehead atoms. The van der Waals surface area contributed by atoms with Gasteiger partial charge in [-0.1, -0.05) is 32.4 Å². The van der Waals surface area contributed by atoms with Gasteiger partial charge in [-0.3, -0.25) is 4.79 Å². The highest BCUT2D eigenvalue weighted by atomic mass is 35.5. The first-order valence-electron chi connectivity index (χ1n) is 5.37. The Bertz CT molecular complexity index is 469. The van der Waals surface area contributed by atoms with Gasteiger partial charge in [0.25, 0.3) is 5.91 Å². The van der Waals surface area contributed by atoms with Crippen molar-refractivity contribution in [2.24, 2.45) is 5.41 Å². The minimum Gasteiger partial charge on any atom is -0.480 e. The number of amides is 1. The van der Waals surface area contributed by atoms with Crippen LogP contribution >= 0.6 is 11.6 Å². The summed E-state index contributed by atoms with van der Waals surface area (Å²) in [6.07, 6.45) is 1.46. The van der Waals surface area contributed by atoms with E-state index in [9.17, 15) is 9.59 Å². The van der Waals surface area contributed by atoms with Crippen LogP contribution in [0.15, 0.2) is 18.3 Å². The topological polar surface area (TPSA) is 79.3 Å². The Balaban J connectivity index is 2.93. The third kappa shape index (κ3) is 3.43. The van der Waals surface area contributed by atoms with Crippen LogP contribution in [0.5, 0.6) is 0 Å². The lowest BCUT2D eigenvalue weighted by Gasteiger charge is -2.27. The van der Waals surface area contributed by atoms with E-state index in [4.69, 9.17) is 16.7 Å². The number of halogens is 1. The molecule has 98 valence electrons. The molecule has 18 heavy (non-hydrogen) atoms. The Labute approximate surface area is 110 Å². The second kappa shape index (κ2) is 5.35. The fourth-order valence-electron chi connectivity index (χ4n) is 1.41. The molecule has 0 aliphatic carbocycles. The average molecular weight is 271 g/mol. The lowest BCUT2D eigenvalue weighted by Crippen LogP contribution is -2.49. The van der Waals surface area contributed by atoms with Crippen LogP contribution in [0.1, 0.15) is 31.1 Å². The smallest absolute Gasteiger partial charge is 0.326 e. The van der Waals surface area contributed by atoms with Crippen LogP contribution in [0.25, 0.3) is 0 Å². The molecule has 0 unspecified atom stereocenters. The molecule has 0 saturated heterocycles. The van der Waals surface area contributed by atoms with Crippen molar-refractivity contribution in [1.82, 2.24) is 10.3 Å². The van der Waals surface area contributed by atoms with Gasteiger partial charge in [0.1, 0.15) is 11.2 Å². The Morgan fingerprint density at radius 3 is 2.50 bits per heavy atom. The molecule has 1 aromatic rings. The Kier molecular flexibility index (Phi) is 4.29. The molecule has 5 nitrogen and oxygen atoms in total. The van der Waals surface area contributed by atoms with E-state index in [1.165, 1.54) is 12.3 Å². The summed E-state index contributed by atoms with van der Waals surface area (Å²) in [6.45, 7) is 5.20. The van der Waals surface area contributed by atoms with Crippen molar-refractivity contribution in [3.8, 4) is 0 Å². The average Bonchev–Trinajstić information content (AvgIpc) is 2.24. The summed E-state index contributed by atoms with van der Waals surface area (Å²) in [7, 11) is 0. The van der Waals surface area contributed by atoms with Crippen molar-refractivity contribution < 1.29 is 14.7 Å². The molecule has 1 atom stereocenters. The van der Waals surface area contributed by atoms with Gasteiger partial charge >= 0.3 is 5.97 Å². The summed E-state index contributed by atoms with van der Waals surface area (Å²) in [5.41, 5.74) is -0.439. The first-order chi connectivity index (χ1) is 8.23. The minimum absolute atomic E-state index is 0.0491. The predicted octanol–water partition coefficient (Wildman–Crippen LogP) is 1.96. The maximum atomic E-state index is 11.9. The van der Waals surface area contributed by atoms with E-state index in [0.717, 1.165) is 0 Å². The lowest BCUT2D eigenvalue weighted by molar-refractivity contribution is -0.142. The van der Waals surface area contributed by atoms with Crippen LogP contribution in [-0.4, -0.2) is 28.0 Å². The highest BCUT2D eigenvalue weighted by Gasteiger charge is 2.33. The van der Waals surface area contributed by atoms with E-state index in [0.29, 0.717) is 0 Å². The maximum Gasteiger partial charge on any atom is 0.326 e. The molecule has 2 N–H and O–H groups in total. The van der Waals surface area contributed by atoms with Crippen molar-refractivity contribution >= 4 is 23.5 Å². The van der Waals surface area contributed by atoms with Gasteiger partial charge in [0.05, 0.1) is 5.56 Å². The fraction of sp³-hybridized carbons (Fsp3) is 0.417. The fourth-order valence-corrected chi connectivity index (χ4v) is 1.62. The van der Waals surface area contributed by atoms with Crippen molar-refractivity contribution in [2.45, 2.75) is 26.8 Å². The molecular weight excluding hydrogens is 256 g/mol. The van der Waals surface area contributed by atoms with Crippen LogP contribution in [0.2, 0.25) is 5.15 Å². The van der Waals surface area contributed by atoms with Gasteiger partial charge < -0.3 is 10.4 Å². The molecule has 6 heteroatoms. The van der Waals surface area contributed by atoms with Crippen molar-refractivity contribution in [3.63, 3.8) is 0 Å². The van der Waals surface area contributed by atoms with Gasteiger partial charge in [-0.05, 0) is 17.5 Å². The molecule has 1 rings (SSSR count). The van der Waals surface area contributed by atoms with Crippen LogP contribution in [0, 0.1) is 5.41 Å². The van der Waals surface area contributed by atoms with E-state index in [-0.39, 0.29) is 10.7 Å². The number of rotatable bonds is 3. The SMILES string of the molecule is CC(C)(C)[C@H](NC(=O)c1cccnc1Cl)C(=O)O. The number of hydrogen-bond donors (Lipinski definition) is 2. The lowest BCUT2D eigenvalue weighted by atomic mass is 9.86. The zero-order chi connectivity index (χ0) is 13.9. The zero-order valence-electron chi connectivity index (χ0n) is 10.4. The van der Waals surface area contributed by atoms with E-state index in [1.54, 1.807) is 26.8 Å². The Morgan fingerprint density at radius 2 is 2.06 bits per heavy atom. The summed E-state index contributed by atoms with van der Waals surface area (Å²) in [5, 5.41) is 11.6. The molecule has 1 heterocycles. The van der Waals surface area contributed by atoms with Crippen LogP contribution in [0.3, 0.4) is 0 Å². The molecule has 0 radical (unpaired) electrons. The molecular formula is C12H15ClN2O3. The first kappa shape index (κ1) is 14.4. The molecule has 1 aromatic heterocycles. The van der Waals surface area contributed by atoms with Crippen LogP contribution < -0.4 is 5.32 Å². The number of nitrogens with zero attached hydrogens (tertiary/aromatic N) is 1. The quantitative estimate of drug-likeness (QED) is 0.823. The second-order valence-electron chi connectivity index (χ2n) is 4.95. The highest BCUT2D eigenvalue weighted by molar-refractivity contribution is 6.32. The number of hydrogen-bond acceptors (Lipinski definition) is 3. The van der Waals surface area contributed by atoms with Crippen LogP contribution in [0.4, 0.5) is 0 Å². The van der Waals surface area contributed by atoms with Gasteiger partial charge in [0, 0.05) is 6.20 Å². The zero-order valence-corrected chi connectivity index (χ0v) is 11.2. The summed E-state index contributed by atoms with van der Waals surface area (Å²) in [5.74, 6) is -1.63. The summed E-state index contributed by atoms with van der Waals surface area (Å²) in [4.78, 5) is 26.8. The van der Waals surface area contributed by atoms with Crippen molar-refractivity contribution in [3.05, 3.63) is 29.0 Å². The third-order valence-corrected chi connectivity index (χ3v) is 2.69. The number of carbonyl (C=O) groups is 2. The molecule has 0 aliphatic rings. The second-order valence-corrected chi connectivity index (χ2v) is 5.31. The highest BCUT2D eigenvalue weighted by Crippen LogP contribution is 2.20. The number of aliphatic carboxylic acids is 1. The molecule has 0 aliphatic heterocycles. The van der Waals surface area contributed by atoms with Gasteiger partial charge in [0.15, 0.2) is 0 Å². The largest absolute Gasteiger partial charge is 0.480 e. The molecule has 0 saturated carbocycles. The van der Waals surface area contributed by atoms with E-state index >= 15 is 0 Å². The number of carboxylic acid groups (broad SMARTS) is 1. The van der Waals surface area contributed by atoms with Gasteiger partial charge in [-0.2, -0.15) is 0 Å². The first-order valence-corrected chi connectivity index (χ1v) is 5.75. The van der Waals surface area contributed by atoms with Crippen LogP contribution in [-0.2, 0) is 4.79 Å². The molecule has 1 amide bonds. The normalized spacial score (nSPS) is 12.9. The third-order valence-electron chi connectivity index (χ3n) is 2.39. The van der Waals surface area contributed by atoms with Gasteiger partial charge in [-0.15, -0.1) is 0 Å². The van der Waals surface area contributed by atoms with Gasteiger partial charge in [0.2, 0.25) is 0 Å². The Morgan fingerprint density at radius 1 is 1.44 bits per heavy atom. The van der Waals surface area contributed by atoms with Crippen molar-refractivity contribution in [1.29, 1.82) is 0 Å². The van der Waals surface area contributed by atoms with Gasteiger partial charge in [-0.25, -0.2) is 9.78 Å². The van der Waals surface area contributed by atoms with E-state index in [2.05, 4.69) is 10.3 Å². The standard InChI is InChI=1S/C12H15ClN2O3/c1-12(2,3)8(11(17)18)15-10(16)7-5-4-6-14-9(7)13/h4-6,8H,1-3H3,(H,15,16)(H,17,18)/t8-/m1/s1. The number of nitrogens with one attached hydrogen (secondary N) is 1. The molecule has 0 aromatic carbocycles. The van der Waals surface area contributed by atoms with Crippen molar-refractivity contribution in [2.75, 3.05) is 0 Å². The minimum atomic E-state index is -1.09. The number of aromatic nitrogens is 1. The number of pyridine rings is 1. The predicted molar refractivity (Wildman–Crippen MR) is 67.6 cm³/mol. The molecule has 0 fully saturated rings. The summed E-state index contributed by atoms with van der Waals surface area (Å²) in [6, 6.07) is 2.06. The monoisotopic (exact) mass is 270 g/mol. The molecule has 0 spiro atoms. The summed E-state index contributed by atoms with van der Waals surface area (Å²) < 4.78 is 0. The number of carboxylic acids is 1.